The van der Waals surface area contributed by atoms with Crippen molar-refractivity contribution in [3.05, 3.63) is 20.1 Å². The zero-order valence-electron chi connectivity index (χ0n) is 12.2. The molecule has 124 valence electrons. The largest absolute Gasteiger partial charge is 0.480 e. The minimum atomic E-state index is -1.17. The van der Waals surface area contributed by atoms with E-state index in [9.17, 15) is 19.2 Å². The van der Waals surface area contributed by atoms with Gasteiger partial charge in [0.1, 0.15) is 6.54 Å². The maximum atomic E-state index is 12.6. The summed E-state index contributed by atoms with van der Waals surface area (Å²) in [5, 5.41) is 9.88. The molecule has 2 aliphatic heterocycles. The number of aromatic nitrogens is 1. The Morgan fingerprint density at radius 3 is 2.79 bits per heavy atom. The minimum Gasteiger partial charge on any atom is -0.480 e. The van der Waals surface area contributed by atoms with E-state index in [1.165, 1.54) is 0 Å². The highest BCUT2D eigenvalue weighted by Crippen LogP contribution is 2.64. The number of hydrogen-bond acceptors (Lipinski definition) is 6. The van der Waals surface area contributed by atoms with E-state index in [0.29, 0.717) is 0 Å². The Balaban J connectivity index is 1.55. The molecule has 4 aliphatic rings. The van der Waals surface area contributed by atoms with E-state index in [-0.39, 0.29) is 33.8 Å². The molecule has 3 fully saturated rings. The van der Waals surface area contributed by atoms with Gasteiger partial charge < -0.3 is 10.1 Å². The number of carbonyl (C=O) groups excluding carboxylic acids is 2. The number of carboxylic acids is 1. The molecule has 7 nitrogen and oxygen atoms in total. The number of rotatable bonds is 2. The molecule has 2 bridgehead atoms. The number of carboxylic acid groups (broad SMARTS) is 1. The molecule has 2 N–H and O–H groups in total. The van der Waals surface area contributed by atoms with Crippen LogP contribution in [0.15, 0.2) is 15.4 Å². The van der Waals surface area contributed by atoms with Crippen molar-refractivity contribution in [1.82, 2.24) is 9.88 Å². The molecule has 2 saturated carbocycles. The van der Waals surface area contributed by atoms with Crippen LogP contribution in [0.4, 0.5) is 0 Å². The lowest BCUT2D eigenvalue weighted by molar-refractivity contribution is -0.149. The molecule has 5 atom stereocenters. The Bertz CT molecular complexity index is 900. The average molecular weight is 364 g/mol. The van der Waals surface area contributed by atoms with E-state index in [1.54, 1.807) is 11.8 Å². The number of aliphatic carboxylic acids is 1. The number of likely N-dealkylation sites (tertiary alicyclic amines) is 1. The summed E-state index contributed by atoms with van der Waals surface area (Å²) in [6.45, 7) is -0.554. The van der Waals surface area contributed by atoms with Crippen LogP contribution in [-0.4, -0.2) is 44.6 Å². The Hall–Kier alpha value is -1.87. The average Bonchev–Trinajstić information content (AvgIpc) is 3.21. The Morgan fingerprint density at radius 1 is 1.29 bits per heavy atom. The molecule has 0 aromatic carbocycles. The van der Waals surface area contributed by atoms with E-state index in [1.807, 2.05) is 6.08 Å². The third kappa shape index (κ3) is 1.68. The standard InChI is InChI=1S/C15H12N2O5S2/c18-8(19)3-17-13(20)9-4-1-6(10(9)14(17)21)11-5(4)2-7-12(24-11)16-15(22)23-7/h2,4,6,9-11H,1,3H2,(H,16,22)(H,18,19)/t4-,6-,9-,10+,11-/m1/s1. The van der Waals surface area contributed by atoms with Crippen molar-refractivity contribution in [2.24, 2.45) is 23.7 Å². The zero-order valence-corrected chi connectivity index (χ0v) is 13.9. The second kappa shape index (κ2) is 4.60. The second-order valence-corrected chi connectivity index (χ2v) is 8.77. The second-order valence-electron chi connectivity index (χ2n) is 6.60. The number of aromatic amines is 1. The number of thioether (sulfide) groups is 1. The first-order valence-corrected chi connectivity index (χ1v) is 9.33. The van der Waals surface area contributed by atoms with Gasteiger partial charge in [0.2, 0.25) is 11.8 Å². The monoisotopic (exact) mass is 364 g/mol. The van der Waals surface area contributed by atoms with Crippen LogP contribution in [0.2, 0.25) is 0 Å². The molecular weight excluding hydrogens is 352 g/mol. The van der Waals surface area contributed by atoms with Crippen molar-refractivity contribution in [2.75, 3.05) is 6.54 Å². The molecule has 3 heterocycles. The van der Waals surface area contributed by atoms with Crippen LogP contribution in [0.5, 0.6) is 0 Å². The van der Waals surface area contributed by atoms with Gasteiger partial charge >= 0.3 is 10.8 Å². The van der Waals surface area contributed by atoms with Crippen LogP contribution in [0.3, 0.4) is 0 Å². The van der Waals surface area contributed by atoms with Crippen molar-refractivity contribution in [3.8, 4) is 0 Å². The number of imide groups is 1. The zero-order chi connectivity index (χ0) is 16.7. The van der Waals surface area contributed by atoms with Crippen molar-refractivity contribution >= 4 is 47.0 Å². The van der Waals surface area contributed by atoms with Gasteiger partial charge in [-0.3, -0.25) is 24.1 Å². The predicted octanol–water partition coefficient (Wildman–Crippen LogP) is 0.630. The van der Waals surface area contributed by atoms with Gasteiger partial charge in [0.15, 0.2) is 0 Å². The highest BCUT2D eigenvalue weighted by molar-refractivity contribution is 8.00. The van der Waals surface area contributed by atoms with Crippen LogP contribution in [-0.2, 0) is 14.4 Å². The number of amides is 2. The summed E-state index contributed by atoms with van der Waals surface area (Å²) in [5.41, 5.74) is 1.13. The smallest absolute Gasteiger partial charge is 0.323 e. The molecule has 0 radical (unpaired) electrons. The first-order valence-electron chi connectivity index (χ1n) is 7.64. The highest BCUT2D eigenvalue weighted by Gasteiger charge is 2.66. The topological polar surface area (TPSA) is 108 Å². The van der Waals surface area contributed by atoms with Gasteiger partial charge in [0.05, 0.1) is 21.7 Å². The van der Waals surface area contributed by atoms with Crippen LogP contribution in [0, 0.1) is 23.7 Å². The molecule has 24 heavy (non-hydrogen) atoms. The molecule has 9 heteroatoms. The fourth-order valence-electron chi connectivity index (χ4n) is 4.77. The molecule has 2 amide bonds. The number of H-pyrrole nitrogens is 1. The summed E-state index contributed by atoms with van der Waals surface area (Å²) in [7, 11) is 0. The van der Waals surface area contributed by atoms with E-state index < -0.39 is 24.3 Å². The molecular formula is C15H12N2O5S2. The lowest BCUT2D eigenvalue weighted by Gasteiger charge is -2.32. The summed E-state index contributed by atoms with van der Waals surface area (Å²) in [4.78, 5) is 52.2. The van der Waals surface area contributed by atoms with E-state index in [0.717, 1.165) is 38.1 Å². The summed E-state index contributed by atoms with van der Waals surface area (Å²) in [6, 6.07) is 0. The lowest BCUT2D eigenvalue weighted by atomic mass is 9.77. The van der Waals surface area contributed by atoms with Crippen molar-refractivity contribution < 1.29 is 19.5 Å². The number of hydrogen-bond donors (Lipinski definition) is 2. The summed E-state index contributed by atoms with van der Waals surface area (Å²) in [5.74, 6) is -2.69. The quantitative estimate of drug-likeness (QED) is 0.746. The number of nitrogens with zero attached hydrogens (tertiary/aromatic N) is 1. The molecule has 1 aromatic heterocycles. The van der Waals surface area contributed by atoms with Crippen LogP contribution in [0.1, 0.15) is 11.3 Å². The van der Waals surface area contributed by atoms with Crippen LogP contribution < -0.4 is 4.87 Å². The van der Waals surface area contributed by atoms with Crippen molar-refractivity contribution in [1.29, 1.82) is 0 Å². The van der Waals surface area contributed by atoms with Crippen molar-refractivity contribution in [3.63, 3.8) is 0 Å². The summed E-state index contributed by atoms with van der Waals surface area (Å²) < 4.78 is 0. The van der Waals surface area contributed by atoms with Gasteiger partial charge in [-0.2, -0.15) is 0 Å². The molecule has 1 saturated heterocycles. The van der Waals surface area contributed by atoms with E-state index in [2.05, 4.69) is 4.98 Å². The number of carbonyl (C=O) groups is 3. The maximum absolute atomic E-state index is 12.6. The molecule has 5 rings (SSSR count). The first-order chi connectivity index (χ1) is 11.5. The van der Waals surface area contributed by atoms with Gasteiger partial charge in [-0.1, -0.05) is 28.7 Å². The van der Waals surface area contributed by atoms with Gasteiger partial charge in [-0.15, -0.1) is 0 Å². The normalized spacial score (nSPS) is 35.8. The van der Waals surface area contributed by atoms with Gasteiger partial charge in [-0.05, 0) is 24.3 Å². The van der Waals surface area contributed by atoms with Crippen molar-refractivity contribution in [2.45, 2.75) is 16.7 Å². The Kier molecular flexibility index (Phi) is 2.78. The van der Waals surface area contributed by atoms with Crippen LogP contribution in [0.25, 0.3) is 6.08 Å². The third-order valence-electron chi connectivity index (χ3n) is 5.53. The SMILES string of the molecule is O=C(O)CN1C(=O)[C@H]2[C@H]3C[C@H](C4=Cc5sc(=O)[nH]c5S[C@H]43)[C@H]2C1=O. The molecule has 0 spiro atoms. The lowest BCUT2D eigenvalue weighted by Crippen LogP contribution is -2.37. The van der Waals surface area contributed by atoms with Gasteiger partial charge in [-0.25, -0.2) is 0 Å². The van der Waals surface area contributed by atoms with Crippen LogP contribution >= 0.6 is 23.1 Å². The Morgan fingerprint density at radius 2 is 2.04 bits per heavy atom. The fraction of sp³-hybridized carbons (Fsp3) is 0.467. The predicted molar refractivity (Wildman–Crippen MR) is 85.5 cm³/mol. The number of fused-ring (bicyclic) bond motifs is 9. The van der Waals surface area contributed by atoms with Gasteiger partial charge in [0.25, 0.3) is 0 Å². The van der Waals surface area contributed by atoms with E-state index in [4.69, 9.17) is 5.11 Å². The third-order valence-corrected chi connectivity index (χ3v) is 7.93. The Labute approximate surface area is 143 Å². The molecule has 0 unspecified atom stereocenters. The molecule has 2 aliphatic carbocycles. The number of nitrogens with one attached hydrogen (secondary N) is 1. The molecule has 1 aromatic rings. The summed E-state index contributed by atoms with van der Waals surface area (Å²) >= 11 is 2.72. The highest BCUT2D eigenvalue weighted by atomic mass is 32.2. The summed E-state index contributed by atoms with van der Waals surface area (Å²) in [6.07, 6.45) is 2.79. The van der Waals surface area contributed by atoms with Gasteiger partial charge in [0, 0.05) is 5.25 Å². The van der Waals surface area contributed by atoms with E-state index >= 15 is 0 Å². The number of thiazole rings is 1. The maximum Gasteiger partial charge on any atom is 0.323 e. The fourth-order valence-corrected chi connectivity index (χ4v) is 7.21. The minimum absolute atomic E-state index is 0.0157. The first kappa shape index (κ1) is 14.5.